The lowest BCUT2D eigenvalue weighted by Crippen LogP contribution is -2.58. The number of nitrogens with one attached hydrogen (secondary N) is 1. The largest absolute Gasteiger partial charge is 0.466 e. The highest BCUT2D eigenvalue weighted by molar-refractivity contribution is 5.72. The van der Waals surface area contributed by atoms with Crippen LogP contribution in [0, 0.1) is 0 Å². The molecule has 12 nitrogen and oxygen atoms in total. The molecule has 1 aromatic carbocycles. The van der Waals surface area contributed by atoms with E-state index in [4.69, 9.17) is 33.2 Å². The van der Waals surface area contributed by atoms with Crippen molar-refractivity contribution in [2.24, 2.45) is 0 Å². The lowest BCUT2D eigenvalue weighted by atomic mass is 10.0. The molecule has 0 saturated heterocycles. The first-order chi connectivity index (χ1) is 19.3. The van der Waals surface area contributed by atoms with Gasteiger partial charge in [0.1, 0.15) is 6.61 Å². The predicted octanol–water partition coefficient (Wildman–Crippen LogP) is 1.97. The summed E-state index contributed by atoms with van der Waals surface area (Å²) in [6.45, 7) is 5.97. The Hall–Kier alpha value is -3.06. The van der Waals surface area contributed by atoms with Crippen molar-refractivity contribution in [1.82, 2.24) is 5.32 Å². The molecular formula is C28H43NO11. The lowest BCUT2D eigenvalue weighted by molar-refractivity contribution is -0.145. The summed E-state index contributed by atoms with van der Waals surface area (Å²) in [6.07, 6.45) is 0.114. The smallest absolute Gasteiger partial charge is 0.320 e. The van der Waals surface area contributed by atoms with Gasteiger partial charge < -0.3 is 33.2 Å². The standard InChI is InChI=1S/C28H43NO11/c1-4-37-24(30)12-15-34-20-28(21-35-16-13-25(31)38-5-2,22-36-17-14-26(32)39-6-3)29-18-27(33)40-19-23-10-8-7-9-11-23/h7-11,29H,4-6,12-22H2,1-3H3. The third-order valence-electron chi connectivity index (χ3n) is 5.25. The third kappa shape index (κ3) is 16.8. The highest BCUT2D eigenvalue weighted by Crippen LogP contribution is 2.11. The molecule has 1 rings (SSSR count). The van der Waals surface area contributed by atoms with Crippen LogP contribution in [0.1, 0.15) is 45.6 Å². The van der Waals surface area contributed by atoms with Gasteiger partial charge in [0.25, 0.3) is 0 Å². The zero-order valence-corrected chi connectivity index (χ0v) is 23.8. The topological polar surface area (TPSA) is 145 Å². The molecule has 0 aliphatic rings. The Balaban J connectivity index is 2.86. The van der Waals surface area contributed by atoms with Crippen LogP contribution in [-0.4, -0.2) is 95.4 Å². The van der Waals surface area contributed by atoms with Crippen molar-refractivity contribution >= 4 is 23.9 Å². The normalized spacial score (nSPS) is 11.1. The van der Waals surface area contributed by atoms with Gasteiger partial charge in [0.2, 0.25) is 0 Å². The number of rotatable bonds is 23. The minimum atomic E-state index is -1.08. The van der Waals surface area contributed by atoms with Crippen LogP contribution in [-0.2, 0) is 58.9 Å². The number of carbonyl (C=O) groups excluding carboxylic acids is 4. The predicted molar refractivity (Wildman–Crippen MR) is 143 cm³/mol. The summed E-state index contributed by atoms with van der Waals surface area (Å²) in [6, 6.07) is 9.25. The molecule has 0 aliphatic heterocycles. The molecule has 0 aliphatic carbocycles. The Labute approximate surface area is 235 Å². The summed E-state index contributed by atoms with van der Waals surface area (Å²) in [7, 11) is 0. The maximum Gasteiger partial charge on any atom is 0.320 e. The molecule has 0 aromatic heterocycles. The van der Waals surface area contributed by atoms with Gasteiger partial charge in [-0.3, -0.25) is 24.5 Å². The highest BCUT2D eigenvalue weighted by Gasteiger charge is 2.33. The minimum Gasteiger partial charge on any atom is -0.466 e. The molecule has 0 fully saturated rings. The molecule has 0 amide bonds. The van der Waals surface area contributed by atoms with Gasteiger partial charge in [-0.2, -0.15) is 0 Å². The average Bonchev–Trinajstić information content (AvgIpc) is 2.94. The third-order valence-corrected chi connectivity index (χ3v) is 5.25. The molecule has 0 radical (unpaired) electrons. The van der Waals surface area contributed by atoms with Crippen LogP contribution in [0.5, 0.6) is 0 Å². The van der Waals surface area contributed by atoms with Crippen LogP contribution in [0.25, 0.3) is 0 Å². The molecule has 226 valence electrons. The van der Waals surface area contributed by atoms with E-state index in [0.717, 1.165) is 5.56 Å². The van der Waals surface area contributed by atoms with Gasteiger partial charge in [0, 0.05) is 0 Å². The number of esters is 4. The van der Waals surface area contributed by atoms with Crippen LogP contribution in [0.2, 0.25) is 0 Å². The fourth-order valence-corrected chi connectivity index (χ4v) is 3.30. The number of hydrogen-bond acceptors (Lipinski definition) is 12. The fraction of sp³-hybridized carbons (Fsp3) is 0.643. The zero-order chi connectivity index (χ0) is 29.5. The summed E-state index contributed by atoms with van der Waals surface area (Å²) in [5.74, 6) is -1.72. The van der Waals surface area contributed by atoms with Gasteiger partial charge in [-0.15, -0.1) is 0 Å². The van der Waals surface area contributed by atoms with Gasteiger partial charge in [-0.25, -0.2) is 0 Å². The number of benzene rings is 1. The quantitative estimate of drug-likeness (QED) is 0.117. The Kier molecular flexibility index (Phi) is 19.0. The molecule has 40 heavy (non-hydrogen) atoms. The first-order valence-corrected chi connectivity index (χ1v) is 13.5. The van der Waals surface area contributed by atoms with Crippen molar-refractivity contribution in [2.75, 3.05) is 66.0 Å². The van der Waals surface area contributed by atoms with Gasteiger partial charge in [0.05, 0.1) is 90.8 Å². The van der Waals surface area contributed by atoms with E-state index >= 15 is 0 Å². The molecular weight excluding hydrogens is 526 g/mol. The summed E-state index contributed by atoms with van der Waals surface area (Å²) < 4.78 is 37.4. The average molecular weight is 570 g/mol. The van der Waals surface area contributed by atoms with Crippen molar-refractivity contribution in [3.63, 3.8) is 0 Å². The van der Waals surface area contributed by atoms with E-state index in [2.05, 4.69) is 5.32 Å². The summed E-state index contributed by atoms with van der Waals surface area (Å²) in [5, 5.41) is 3.11. The zero-order valence-electron chi connectivity index (χ0n) is 23.8. The van der Waals surface area contributed by atoms with E-state index in [1.807, 2.05) is 30.3 Å². The van der Waals surface area contributed by atoms with E-state index in [-0.39, 0.29) is 91.9 Å². The van der Waals surface area contributed by atoms with E-state index < -0.39 is 29.4 Å². The van der Waals surface area contributed by atoms with Crippen molar-refractivity contribution in [1.29, 1.82) is 0 Å². The number of ether oxygens (including phenoxy) is 7. The maximum atomic E-state index is 12.5. The van der Waals surface area contributed by atoms with Crippen molar-refractivity contribution in [3.05, 3.63) is 35.9 Å². The molecule has 0 bridgehead atoms. The van der Waals surface area contributed by atoms with Gasteiger partial charge in [-0.1, -0.05) is 30.3 Å². The molecule has 0 spiro atoms. The van der Waals surface area contributed by atoms with Crippen molar-refractivity contribution in [2.45, 2.75) is 52.2 Å². The second-order valence-corrected chi connectivity index (χ2v) is 8.60. The SMILES string of the molecule is CCOC(=O)CCOCC(COCCC(=O)OCC)(COCCC(=O)OCC)NCC(=O)OCc1ccccc1. The van der Waals surface area contributed by atoms with E-state index in [1.54, 1.807) is 20.8 Å². The van der Waals surface area contributed by atoms with Crippen LogP contribution in [0.15, 0.2) is 30.3 Å². The van der Waals surface area contributed by atoms with E-state index in [9.17, 15) is 19.2 Å². The monoisotopic (exact) mass is 569 g/mol. The Morgan fingerprint density at radius 1 is 0.625 bits per heavy atom. The second-order valence-electron chi connectivity index (χ2n) is 8.60. The van der Waals surface area contributed by atoms with Crippen LogP contribution < -0.4 is 5.32 Å². The molecule has 12 heteroatoms. The number of hydrogen-bond donors (Lipinski definition) is 1. The van der Waals surface area contributed by atoms with E-state index in [0.29, 0.717) is 0 Å². The molecule has 0 heterocycles. The Bertz CT molecular complexity index is 799. The molecule has 1 N–H and O–H groups in total. The van der Waals surface area contributed by atoms with Gasteiger partial charge in [0.15, 0.2) is 0 Å². The highest BCUT2D eigenvalue weighted by atomic mass is 16.6. The summed E-state index contributed by atoms with van der Waals surface area (Å²) >= 11 is 0. The van der Waals surface area contributed by atoms with Crippen molar-refractivity contribution < 1.29 is 52.3 Å². The van der Waals surface area contributed by atoms with Gasteiger partial charge in [-0.05, 0) is 26.3 Å². The second kappa shape index (κ2) is 21.7. The van der Waals surface area contributed by atoms with Crippen molar-refractivity contribution in [3.8, 4) is 0 Å². The molecule has 0 atom stereocenters. The van der Waals surface area contributed by atoms with Crippen LogP contribution in [0.4, 0.5) is 0 Å². The fourth-order valence-electron chi connectivity index (χ4n) is 3.30. The van der Waals surface area contributed by atoms with E-state index in [1.165, 1.54) is 0 Å². The summed E-state index contributed by atoms with van der Waals surface area (Å²) in [5.41, 5.74) is -0.238. The molecule has 0 saturated carbocycles. The maximum absolute atomic E-state index is 12.5. The first kappa shape index (κ1) is 35.0. The minimum absolute atomic E-state index is 0.0167. The molecule has 0 unspecified atom stereocenters. The Morgan fingerprint density at radius 2 is 1.05 bits per heavy atom. The van der Waals surface area contributed by atoms with Gasteiger partial charge >= 0.3 is 23.9 Å². The van der Waals surface area contributed by atoms with Crippen LogP contribution >= 0.6 is 0 Å². The lowest BCUT2D eigenvalue weighted by Gasteiger charge is -2.34. The molecule has 1 aromatic rings. The summed E-state index contributed by atoms with van der Waals surface area (Å²) in [4.78, 5) is 47.7. The number of carbonyl (C=O) groups is 4. The Morgan fingerprint density at radius 3 is 1.45 bits per heavy atom. The first-order valence-electron chi connectivity index (χ1n) is 13.5. The van der Waals surface area contributed by atoms with Crippen LogP contribution in [0.3, 0.4) is 0 Å².